The smallest absolute Gasteiger partial charge is 0.228 e. The molecule has 5 nitrogen and oxygen atoms in total. The molecule has 0 bridgehead atoms. The van der Waals surface area contributed by atoms with Gasteiger partial charge in [-0.15, -0.1) is 0 Å². The van der Waals surface area contributed by atoms with Gasteiger partial charge in [-0.2, -0.15) is 0 Å². The van der Waals surface area contributed by atoms with Crippen LogP contribution in [-0.4, -0.2) is 32.2 Å². The van der Waals surface area contributed by atoms with Crippen molar-refractivity contribution < 1.29 is 18.4 Å². The zero-order valence-electron chi connectivity index (χ0n) is 21.9. The molecule has 5 rings (SSSR count). The fourth-order valence-electron chi connectivity index (χ4n) is 5.34. The van der Waals surface area contributed by atoms with E-state index in [1.807, 2.05) is 55.5 Å². The third-order valence-electron chi connectivity index (χ3n) is 8.39. The number of furan rings is 1. The summed E-state index contributed by atoms with van der Waals surface area (Å²) in [4.78, 5) is 25.8. The van der Waals surface area contributed by atoms with Crippen molar-refractivity contribution in [2.45, 2.75) is 70.3 Å². The number of fused-ring (bicyclic) bond motifs is 3. The average Bonchev–Trinajstić information content (AvgIpc) is 3.42. The number of hydrogen-bond acceptors (Lipinski definition) is 4. The van der Waals surface area contributed by atoms with Gasteiger partial charge in [-0.05, 0) is 66.4 Å². The lowest BCUT2D eigenvalue weighted by Crippen LogP contribution is -2.64. The van der Waals surface area contributed by atoms with Crippen molar-refractivity contribution in [2.24, 2.45) is 5.92 Å². The van der Waals surface area contributed by atoms with E-state index in [0.29, 0.717) is 6.42 Å². The number of ketones is 1. The van der Waals surface area contributed by atoms with Gasteiger partial charge in [-0.25, -0.2) is 0 Å². The van der Waals surface area contributed by atoms with Crippen molar-refractivity contribution in [1.82, 2.24) is 5.32 Å². The number of carbonyl (C=O) groups is 2. The minimum absolute atomic E-state index is 0.0338. The zero-order chi connectivity index (χ0) is 25.8. The Morgan fingerprint density at radius 2 is 1.67 bits per heavy atom. The van der Waals surface area contributed by atoms with E-state index in [1.165, 1.54) is 0 Å². The highest BCUT2D eigenvalue weighted by molar-refractivity contribution is 6.74. The summed E-state index contributed by atoms with van der Waals surface area (Å²) in [6.07, 6.45) is 2.18. The molecule has 0 saturated carbocycles. The van der Waals surface area contributed by atoms with Crippen LogP contribution in [0.2, 0.25) is 18.1 Å². The summed E-state index contributed by atoms with van der Waals surface area (Å²) < 4.78 is 12.5. The molecule has 1 aliphatic heterocycles. The summed E-state index contributed by atoms with van der Waals surface area (Å²) in [6.45, 7) is 13.1. The lowest BCUT2D eigenvalue weighted by Gasteiger charge is -2.46. The number of β-lactam (4-membered cyclic amide) rings is 1. The molecular weight excluding hydrogens is 466 g/mol. The van der Waals surface area contributed by atoms with Crippen LogP contribution in [0.4, 0.5) is 0 Å². The number of nitrogens with one attached hydrogen (secondary N) is 1. The standard InChI is InChI=1S/C30H35NO4Si/c1-18(35-36(5,6)30(2,3)4)27-25(31-29(27)33)17-23(26-12-9-15-34-26)19-13-14-21-20-10-7-8-11-22(20)28(32)24(21)16-19/h7-16,18,23,25,27H,17H2,1-6H3,(H,31,33). The number of amides is 1. The maximum Gasteiger partial charge on any atom is 0.228 e. The van der Waals surface area contributed by atoms with Crippen molar-refractivity contribution in [3.8, 4) is 11.1 Å². The van der Waals surface area contributed by atoms with E-state index in [-0.39, 0.29) is 40.7 Å². The van der Waals surface area contributed by atoms with Crippen molar-refractivity contribution in [3.05, 3.63) is 83.3 Å². The summed E-state index contributed by atoms with van der Waals surface area (Å²) in [7, 11) is -2.02. The first-order chi connectivity index (χ1) is 17.0. The van der Waals surface area contributed by atoms with E-state index in [4.69, 9.17) is 8.84 Å². The quantitative estimate of drug-likeness (QED) is 0.231. The Morgan fingerprint density at radius 1 is 0.972 bits per heavy atom. The first kappa shape index (κ1) is 24.7. The van der Waals surface area contributed by atoms with Crippen molar-refractivity contribution in [1.29, 1.82) is 0 Å². The summed E-state index contributed by atoms with van der Waals surface area (Å²) in [5.41, 5.74) is 4.46. The lowest BCUT2D eigenvalue weighted by molar-refractivity contribution is -0.140. The molecule has 4 unspecified atom stereocenters. The summed E-state index contributed by atoms with van der Waals surface area (Å²) >= 11 is 0. The molecule has 3 aromatic rings. The second-order valence-corrected chi connectivity index (χ2v) is 16.5. The molecule has 2 aliphatic rings. The Labute approximate surface area is 214 Å². The number of rotatable bonds is 7. The van der Waals surface area contributed by atoms with E-state index in [2.05, 4.69) is 45.2 Å². The first-order valence-electron chi connectivity index (χ1n) is 12.8. The van der Waals surface area contributed by atoms with E-state index in [1.54, 1.807) is 6.26 Å². The Morgan fingerprint density at radius 3 is 2.31 bits per heavy atom. The second kappa shape index (κ2) is 8.85. The Balaban J connectivity index is 1.42. The van der Waals surface area contributed by atoms with Crippen LogP contribution in [0.25, 0.3) is 11.1 Å². The maximum atomic E-state index is 13.1. The topological polar surface area (TPSA) is 68.5 Å². The van der Waals surface area contributed by atoms with Crippen LogP contribution in [0.15, 0.2) is 65.3 Å². The van der Waals surface area contributed by atoms with Crippen LogP contribution in [0.3, 0.4) is 0 Å². The predicted octanol–water partition coefficient (Wildman–Crippen LogP) is 6.54. The normalized spacial score (nSPS) is 20.8. The molecule has 6 heteroatoms. The summed E-state index contributed by atoms with van der Waals surface area (Å²) in [5.74, 6) is 0.638. The molecule has 1 aromatic heterocycles. The van der Waals surface area contributed by atoms with Crippen molar-refractivity contribution in [2.75, 3.05) is 0 Å². The van der Waals surface area contributed by atoms with Crippen LogP contribution in [-0.2, 0) is 9.22 Å². The third kappa shape index (κ3) is 4.16. The molecule has 4 atom stereocenters. The molecular formula is C30H35NO4Si. The van der Waals surface area contributed by atoms with E-state index in [0.717, 1.165) is 33.6 Å². The predicted molar refractivity (Wildman–Crippen MR) is 144 cm³/mol. The van der Waals surface area contributed by atoms with Gasteiger partial charge in [0.2, 0.25) is 5.91 Å². The molecule has 188 valence electrons. The van der Waals surface area contributed by atoms with Gasteiger partial charge in [0.1, 0.15) is 5.76 Å². The fourth-order valence-corrected chi connectivity index (χ4v) is 6.77. The Hall–Kier alpha value is -2.96. The van der Waals surface area contributed by atoms with Gasteiger partial charge in [0.05, 0.1) is 18.3 Å². The van der Waals surface area contributed by atoms with E-state index < -0.39 is 8.32 Å². The maximum absolute atomic E-state index is 13.1. The van der Waals surface area contributed by atoms with Gasteiger partial charge in [-0.3, -0.25) is 9.59 Å². The van der Waals surface area contributed by atoms with Crippen LogP contribution in [0.5, 0.6) is 0 Å². The molecule has 1 fully saturated rings. The van der Waals surface area contributed by atoms with Gasteiger partial charge >= 0.3 is 0 Å². The summed E-state index contributed by atoms with van der Waals surface area (Å²) in [6, 6.07) is 17.7. The monoisotopic (exact) mass is 501 g/mol. The molecule has 1 saturated heterocycles. The first-order valence-corrected chi connectivity index (χ1v) is 15.7. The highest BCUT2D eigenvalue weighted by Crippen LogP contribution is 2.42. The number of hydrogen-bond donors (Lipinski definition) is 1. The van der Waals surface area contributed by atoms with Gasteiger partial charge in [-0.1, -0.05) is 57.2 Å². The van der Waals surface area contributed by atoms with Gasteiger partial charge in [0, 0.05) is 23.1 Å². The Kier molecular flexibility index (Phi) is 6.08. The summed E-state index contributed by atoms with van der Waals surface area (Å²) in [5, 5.41) is 3.20. The van der Waals surface area contributed by atoms with E-state index in [9.17, 15) is 9.59 Å². The SMILES string of the molecule is CC(O[Si](C)(C)C(C)(C)C)C1C(=O)NC1CC(c1ccc2c(c1)C(=O)c1ccccc1-2)c1ccco1. The van der Waals surface area contributed by atoms with E-state index >= 15 is 0 Å². The van der Waals surface area contributed by atoms with Crippen LogP contribution in [0, 0.1) is 5.92 Å². The molecule has 2 heterocycles. The largest absolute Gasteiger partial charge is 0.469 e. The molecule has 0 radical (unpaired) electrons. The minimum Gasteiger partial charge on any atom is -0.469 e. The van der Waals surface area contributed by atoms with Gasteiger partial charge in [0.25, 0.3) is 0 Å². The van der Waals surface area contributed by atoms with Crippen LogP contribution < -0.4 is 5.32 Å². The highest BCUT2D eigenvalue weighted by atomic mass is 28.4. The highest BCUT2D eigenvalue weighted by Gasteiger charge is 2.48. The van der Waals surface area contributed by atoms with Gasteiger partial charge < -0.3 is 14.2 Å². The fraction of sp³-hybridized carbons (Fsp3) is 0.400. The third-order valence-corrected chi connectivity index (χ3v) is 13.0. The van der Waals surface area contributed by atoms with Crippen molar-refractivity contribution in [3.63, 3.8) is 0 Å². The average molecular weight is 502 g/mol. The van der Waals surface area contributed by atoms with Crippen LogP contribution in [0.1, 0.15) is 67.3 Å². The molecule has 2 aromatic carbocycles. The minimum atomic E-state index is -2.02. The lowest BCUT2D eigenvalue weighted by atomic mass is 9.78. The molecule has 1 N–H and O–H groups in total. The van der Waals surface area contributed by atoms with Crippen LogP contribution >= 0.6 is 0 Å². The Bertz CT molecular complexity index is 1300. The molecule has 36 heavy (non-hydrogen) atoms. The number of benzene rings is 2. The van der Waals surface area contributed by atoms with Gasteiger partial charge in [0.15, 0.2) is 14.1 Å². The second-order valence-electron chi connectivity index (χ2n) is 11.7. The molecule has 1 amide bonds. The molecule has 0 spiro atoms. The molecule has 1 aliphatic carbocycles. The zero-order valence-corrected chi connectivity index (χ0v) is 22.9. The van der Waals surface area contributed by atoms with Crippen molar-refractivity contribution >= 4 is 20.0 Å². The number of carbonyl (C=O) groups excluding carboxylic acids is 2.